The van der Waals surface area contributed by atoms with Crippen LogP contribution in [0.15, 0.2) is 54.6 Å². The van der Waals surface area contributed by atoms with Gasteiger partial charge < -0.3 is 10.2 Å². The molecule has 23 heavy (non-hydrogen) atoms. The van der Waals surface area contributed by atoms with Gasteiger partial charge in [0.2, 0.25) is 5.91 Å². The summed E-state index contributed by atoms with van der Waals surface area (Å²) in [7, 11) is 0. The molecule has 4 rings (SSSR count). The Morgan fingerprint density at radius 3 is 2.74 bits per heavy atom. The summed E-state index contributed by atoms with van der Waals surface area (Å²) >= 11 is 0. The Kier molecular flexibility index (Phi) is 3.78. The van der Waals surface area contributed by atoms with E-state index in [-0.39, 0.29) is 11.8 Å². The maximum atomic E-state index is 12.3. The molecule has 1 aliphatic carbocycles. The summed E-state index contributed by atoms with van der Waals surface area (Å²) in [5, 5.41) is 3.12. The van der Waals surface area contributed by atoms with Crippen LogP contribution < -0.4 is 10.2 Å². The van der Waals surface area contributed by atoms with Gasteiger partial charge in [-0.15, -0.1) is 0 Å². The van der Waals surface area contributed by atoms with Crippen molar-refractivity contribution in [2.45, 2.75) is 18.8 Å². The zero-order valence-electron chi connectivity index (χ0n) is 13.2. The zero-order valence-corrected chi connectivity index (χ0v) is 13.2. The first-order valence-electron chi connectivity index (χ1n) is 8.48. The van der Waals surface area contributed by atoms with E-state index in [0.29, 0.717) is 5.92 Å². The van der Waals surface area contributed by atoms with E-state index in [1.54, 1.807) is 0 Å². The second-order valence-corrected chi connectivity index (χ2v) is 6.52. The number of benzene rings is 2. The van der Waals surface area contributed by atoms with Gasteiger partial charge in [-0.2, -0.15) is 0 Å². The molecule has 0 bridgehead atoms. The number of carbonyl (C=O) groups excluding carboxylic acids is 1. The summed E-state index contributed by atoms with van der Waals surface area (Å²) < 4.78 is 0. The highest BCUT2D eigenvalue weighted by atomic mass is 16.2. The topological polar surface area (TPSA) is 32.3 Å². The summed E-state index contributed by atoms with van der Waals surface area (Å²) in [5.41, 5.74) is 4.04. The van der Waals surface area contributed by atoms with Crippen molar-refractivity contribution in [3.63, 3.8) is 0 Å². The molecule has 0 spiro atoms. The lowest BCUT2D eigenvalue weighted by Gasteiger charge is -2.19. The number of carbonyl (C=O) groups is 1. The minimum atomic E-state index is 0.170. The normalized spacial score (nSPS) is 21.8. The fourth-order valence-electron chi connectivity index (χ4n) is 3.64. The maximum Gasteiger partial charge on any atom is 0.223 e. The van der Waals surface area contributed by atoms with Crippen LogP contribution in [-0.2, 0) is 11.2 Å². The predicted molar refractivity (Wildman–Crippen MR) is 92.7 cm³/mol. The molecule has 1 fully saturated rings. The summed E-state index contributed by atoms with van der Waals surface area (Å²) in [6.45, 7) is 2.68. The standard InChI is InChI=1S/C20H22N2O/c23-20(18-14-17(18)15-6-2-1-3-7-15)21-11-13-22-12-10-16-8-4-5-9-19(16)22/h1-9,17-18H,10-14H2,(H,21,23). The molecule has 0 aromatic heterocycles. The maximum absolute atomic E-state index is 12.3. The van der Waals surface area contributed by atoms with E-state index in [4.69, 9.17) is 0 Å². The summed E-state index contributed by atoms with van der Waals surface area (Å²) in [6, 6.07) is 18.9. The largest absolute Gasteiger partial charge is 0.369 e. The molecule has 1 N–H and O–H groups in total. The second kappa shape index (κ2) is 6.07. The van der Waals surface area contributed by atoms with Gasteiger partial charge in [0.15, 0.2) is 0 Å². The molecule has 1 aliphatic heterocycles. The molecular formula is C20H22N2O. The molecule has 3 heteroatoms. The van der Waals surface area contributed by atoms with Crippen molar-refractivity contribution in [3.8, 4) is 0 Å². The first-order valence-corrected chi connectivity index (χ1v) is 8.48. The van der Waals surface area contributed by atoms with Crippen LogP contribution in [0.1, 0.15) is 23.5 Å². The number of fused-ring (bicyclic) bond motifs is 1. The molecule has 2 atom stereocenters. The Balaban J connectivity index is 1.26. The van der Waals surface area contributed by atoms with Gasteiger partial charge in [-0.05, 0) is 36.0 Å². The Morgan fingerprint density at radius 2 is 1.87 bits per heavy atom. The average molecular weight is 306 g/mol. The lowest BCUT2D eigenvalue weighted by molar-refractivity contribution is -0.122. The zero-order chi connectivity index (χ0) is 15.6. The number of rotatable bonds is 5. The molecular weight excluding hydrogens is 284 g/mol. The van der Waals surface area contributed by atoms with E-state index in [1.165, 1.54) is 16.8 Å². The van der Waals surface area contributed by atoms with Crippen molar-refractivity contribution in [3.05, 3.63) is 65.7 Å². The number of hydrogen-bond donors (Lipinski definition) is 1. The van der Waals surface area contributed by atoms with Crippen molar-refractivity contribution in [1.29, 1.82) is 0 Å². The molecule has 1 saturated carbocycles. The van der Waals surface area contributed by atoms with E-state index in [9.17, 15) is 4.79 Å². The van der Waals surface area contributed by atoms with E-state index in [0.717, 1.165) is 32.5 Å². The fourth-order valence-corrected chi connectivity index (χ4v) is 3.64. The minimum Gasteiger partial charge on any atom is -0.369 e. The highest BCUT2D eigenvalue weighted by Gasteiger charge is 2.43. The molecule has 1 heterocycles. The van der Waals surface area contributed by atoms with Gasteiger partial charge in [-0.25, -0.2) is 0 Å². The molecule has 2 aromatic carbocycles. The van der Waals surface area contributed by atoms with Crippen molar-refractivity contribution in [1.82, 2.24) is 5.32 Å². The van der Waals surface area contributed by atoms with Gasteiger partial charge in [-0.1, -0.05) is 48.5 Å². The van der Waals surface area contributed by atoms with Crippen LogP contribution in [0, 0.1) is 5.92 Å². The smallest absolute Gasteiger partial charge is 0.223 e. The number of para-hydroxylation sites is 1. The highest BCUT2D eigenvalue weighted by Crippen LogP contribution is 2.47. The second-order valence-electron chi connectivity index (χ2n) is 6.52. The van der Waals surface area contributed by atoms with Gasteiger partial charge in [0.25, 0.3) is 0 Å². The van der Waals surface area contributed by atoms with Gasteiger partial charge in [-0.3, -0.25) is 4.79 Å². The van der Waals surface area contributed by atoms with E-state index < -0.39 is 0 Å². The first-order chi connectivity index (χ1) is 11.3. The average Bonchev–Trinajstić information content (AvgIpc) is 3.31. The molecule has 1 amide bonds. The van der Waals surface area contributed by atoms with Gasteiger partial charge in [0.1, 0.15) is 0 Å². The Hall–Kier alpha value is -2.29. The quantitative estimate of drug-likeness (QED) is 0.921. The van der Waals surface area contributed by atoms with Crippen molar-refractivity contribution < 1.29 is 4.79 Å². The van der Waals surface area contributed by atoms with Crippen molar-refractivity contribution in [2.24, 2.45) is 5.92 Å². The summed E-state index contributed by atoms with van der Waals surface area (Å²) in [5.74, 6) is 0.804. The molecule has 2 unspecified atom stereocenters. The fraction of sp³-hybridized carbons (Fsp3) is 0.350. The highest BCUT2D eigenvalue weighted by molar-refractivity contribution is 5.82. The number of amides is 1. The van der Waals surface area contributed by atoms with Crippen LogP contribution >= 0.6 is 0 Å². The Bertz CT molecular complexity index is 698. The van der Waals surface area contributed by atoms with E-state index in [1.807, 2.05) is 18.2 Å². The van der Waals surface area contributed by atoms with Crippen LogP contribution in [0.5, 0.6) is 0 Å². The number of anilines is 1. The lowest BCUT2D eigenvalue weighted by atomic mass is 10.1. The van der Waals surface area contributed by atoms with Crippen molar-refractivity contribution in [2.75, 3.05) is 24.5 Å². The predicted octanol–water partition coefficient (Wildman–Crippen LogP) is 2.97. The number of nitrogens with zero attached hydrogens (tertiary/aromatic N) is 1. The molecule has 2 aromatic rings. The summed E-state index contributed by atoms with van der Waals surface area (Å²) in [4.78, 5) is 14.7. The molecule has 3 nitrogen and oxygen atoms in total. The summed E-state index contributed by atoms with van der Waals surface area (Å²) in [6.07, 6.45) is 2.10. The van der Waals surface area contributed by atoms with E-state index >= 15 is 0 Å². The molecule has 0 radical (unpaired) electrons. The third kappa shape index (κ3) is 2.96. The minimum absolute atomic E-state index is 0.170. The first kappa shape index (κ1) is 14.3. The Morgan fingerprint density at radius 1 is 1.09 bits per heavy atom. The van der Waals surface area contributed by atoms with Crippen LogP contribution in [-0.4, -0.2) is 25.5 Å². The van der Waals surface area contributed by atoms with Crippen LogP contribution in [0.4, 0.5) is 5.69 Å². The van der Waals surface area contributed by atoms with Gasteiger partial charge in [0.05, 0.1) is 0 Å². The lowest BCUT2D eigenvalue weighted by Crippen LogP contribution is -2.35. The van der Waals surface area contributed by atoms with Gasteiger partial charge in [0, 0.05) is 31.2 Å². The van der Waals surface area contributed by atoms with E-state index in [2.05, 4.69) is 46.6 Å². The third-order valence-electron chi connectivity index (χ3n) is 5.02. The van der Waals surface area contributed by atoms with Crippen LogP contribution in [0.2, 0.25) is 0 Å². The van der Waals surface area contributed by atoms with Crippen LogP contribution in [0.3, 0.4) is 0 Å². The SMILES string of the molecule is O=C(NCCN1CCc2ccccc21)C1CC1c1ccccc1. The molecule has 2 aliphatic rings. The number of nitrogens with one attached hydrogen (secondary N) is 1. The van der Waals surface area contributed by atoms with Crippen molar-refractivity contribution >= 4 is 11.6 Å². The van der Waals surface area contributed by atoms with Crippen LogP contribution in [0.25, 0.3) is 0 Å². The number of hydrogen-bond acceptors (Lipinski definition) is 2. The molecule has 0 saturated heterocycles. The monoisotopic (exact) mass is 306 g/mol. The molecule has 118 valence electrons. The van der Waals surface area contributed by atoms with Gasteiger partial charge >= 0.3 is 0 Å². The third-order valence-corrected chi connectivity index (χ3v) is 5.02. The Labute approximate surface area is 137 Å².